The van der Waals surface area contributed by atoms with E-state index in [0.29, 0.717) is 5.92 Å². The minimum atomic E-state index is 0.117. The van der Waals surface area contributed by atoms with E-state index in [0.717, 1.165) is 65.8 Å². The number of fused-ring (bicyclic) bond motifs is 1. The highest BCUT2D eigenvalue weighted by Gasteiger charge is 2.29. The third kappa shape index (κ3) is 4.39. The molecule has 0 unspecified atom stereocenters. The minimum Gasteiger partial charge on any atom is -0.388 e. The minimum absolute atomic E-state index is 0.117. The zero-order valence-corrected chi connectivity index (χ0v) is 15.9. The molecule has 0 bridgehead atoms. The lowest BCUT2D eigenvalue weighted by molar-refractivity contribution is -0.117. The van der Waals surface area contributed by atoms with Gasteiger partial charge in [-0.3, -0.25) is 4.79 Å². The number of amides is 1. The monoisotopic (exact) mass is 376 g/mol. The van der Waals surface area contributed by atoms with Gasteiger partial charge in [0.1, 0.15) is 12.1 Å². The number of anilines is 2. The molecular weight excluding hydrogens is 352 g/mol. The van der Waals surface area contributed by atoms with Crippen LogP contribution in [-0.4, -0.2) is 29.2 Å². The quantitative estimate of drug-likeness (QED) is 0.582. The van der Waals surface area contributed by atoms with Crippen molar-refractivity contribution in [2.45, 2.75) is 25.7 Å². The second-order valence-corrected chi connectivity index (χ2v) is 7.38. The first-order valence-corrected chi connectivity index (χ1v) is 9.70. The molecule has 2 aromatic carbocycles. The van der Waals surface area contributed by atoms with Crippen molar-refractivity contribution >= 4 is 34.6 Å². The number of aromatic amines is 1. The van der Waals surface area contributed by atoms with Crippen molar-refractivity contribution < 1.29 is 9.59 Å². The van der Waals surface area contributed by atoms with Crippen molar-refractivity contribution in [2.75, 3.05) is 17.7 Å². The third-order valence-electron chi connectivity index (χ3n) is 4.96. The Hall–Kier alpha value is -3.15. The summed E-state index contributed by atoms with van der Waals surface area (Å²) >= 11 is 0. The number of H-pyrrole nitrogens is 1. The maximum atomic E-state index is 11.9. The van der Waals surface area contributed by atoms with Crippen LogP contribution in [0.2, 0.25) is 0 Å². The molecule has 0 saturated heterocycles. The molecular formula is C22H24N4O2. The highest BCUT2D eigenvalue weighted by molar-refractivity contribution is 5.96. The van der Waals surface area contributed by atoms with Gasteiger partial charge < -0.3 is 20.4 Å². The number of aromatic nitrogens is 2. The molecule has 3 aromatic rings. The lowest BCUT2D eigenvalue weighted by atomic mass is 10.2. The van der Waals surface area contributed by atoms with Crippen molar-refractivity contribution in [2.24, 2.45) is 11.8 Å². The van der Waals surface area contributed by atoms with Crippen LogP contribution in [0.25, 0.3) is 22.4 Å². The average molecular weight is 376 g/mol. The summed E-state index contributed by atoms with van der Waals surface area (Å²) in [4.78, 5) is 29.4. The van der Waals surface area contributed by atoms with Gasteiger partial charge >= 0.3 is 0 Å². The molecule has 1 heterocycles. The molecule has 0 spiro atoms. The van der Waals surface area contributed by atoms with E-state index >= 15 is 0 Å². The predicted octanol–water partition coefficient (Wildman–Crippen LogP) is 4.22. The number of carbonyl (C=O) groups excluding carboxylic acids is 2. The van der Waals surface area contributed by atoms with Gasteiger partial charge in [-0.25, -0.2) is 4.98 Å². The number of benzene rings is 2. The average Bonchev–Trinajstić information content (AvgIpc) is 3.64. The largest absolute Gasteiger partial charge is 0.388 e. The summed E-state index contributed by atoms with van der Waals surface area (Å²) < 4.78 is 0. The molecule has 2 saturated carbocycles. The molecule has 6 nitrogen and oxygen atoms in total. The van der Waals surface area contributed by atoms with E-state index in [1.165, 1.54) is 0 Å². The first kappa shape index (κ1) is 18.2. The molecule has 1 amide bonds. The Kier molecular flexibility index (Phi) is 5.10. The van der Waals surface area contributed by atoms with E-state index < -0.39 is 0 Å². The standard InChI is InChI=1S/C18H18N4O.C4H6O/c1-19-13-6-4-11(5-7-13)17-21-15-9-8-14(10-16(15)22-17)20-18(23)12-2-3-12;5-3-4-1-2-4/h4-10,12,19H,2-3H2,1H3,(H,20,23)(H,21,22);3-4H,1-2H2. The normalized spacial score (nSPS) is 15.5. The Morgan fingerprint density at radius 1 is 1.07 bits per heavy atom. The Morgan fingerprint density at radius 2 is 1.79 bits per heavy atom. The summed E-state index contributed by atoms with van der Waals surface area (Å²) in [7, 11) is 1.90. The first-order valence-electron chi connectivity index (χ1n) is 9.70. The van der Waals surface area contributed by atoms with E-state index in [-0.39, 0.29) is 11.8 Å². The van der Waals surface area contributed by atoms with Crippen LogP contribution < -0.4 is 10.6 Å². The maximum absolute atomic E-state index is 11.9. The second kappa shape index (κ2) is 7.84. The molecule has 144 valence electrons. The molecule has 0 radical (unpaired) electrons. The summed E-state index contributed by atoms with van der Waals surface area (Å²) in [6, 6.07) is 13.9. The number of rotatable bonds is 5. The lowest BCUT2D eigenvalue weighted by Gasteiger charge is -2.03. The molecule has 0 aliphatic heterocycles. The number of imidazole rings is 1. The van der Waals surface area contributed by atoms with Crippen molar-refractivity contribution in [3.05, 3.63) is 42.5 Å². The fraction of sp³-hybridized carbons (Fsp3) is 0.318. The molecule has 6 heteroatoms. The molecule has 1 aromatic heterocycles. The zero-order chi connectivity index (χ0) is 19.5. The molecule has 2 fully saturated rings. The van der Waals surface area contributed by atoms with Crippen LogP contribution in [-0.2, 0) is 9.59 Å². The van der Waals surface area contributed by atoms with Gasteiger partial charge in [0.15, 0.2) is 0 Å². The zero-order valence-electron chi connectivity index (χ0n) is 15.9. The highest BCUT2D eigenvalue weighted by Crippen LogP contribution is 2.31. The summed E-state index contributed by atoms with van der Waals surface area (Å²) in [6.45, 7) is 0. The molecule has 0 atom stereocenters. The van der Waals surface area contributed by atoms with Gasteiger partial charge in [-0.15, -0.1) is 0 Å². The van der Waals surface area contributed by atoms with Crippen LogP contribution in [0.15, 0.2) is 42.5 Å². The predicted molar refractivity (Wildman–Crippen MR) is 111 cm³/mol. The van der Waals surface area contributed by atoms with Crippen molar-refractivity contribution in [3.63, 3.8) is 0 Å². The van der Waals surface area contributed by atoms with Crippen LogP contribution in [0, 0.1) is 11.8 Å². The Balaban J connectivity index is 0.000000336. The number of nitrogens with zero attached hydrogens (tertiary/aromatic N) is 1. The van der Waals surface area contributed by atoms with E-state index in [9.17, 15) is 9.59 Å². The Bertz CT molecular complexity index is 985. The van der Waals surface area contributed by atoms with Crippen LogP contribution in [0.3, 0.4) is 0 Å². The number of nitrogens with one attached hydrogen (secondary N) is 3. The number of carbonyl (C=O) groups is 2. The Labute approximate surface area is 163 Å². The smallest absolute Gasteiger partial charge is 0.227 e. The van der Waals surface area contributed by atoms with Gasteiger partial charge in [0.05, 0.1) is 11.0 Å². The van der Waals surface area contributed by atoms with E-state index in [1.807, 2.05) is 49.5 Å². The third-order valence-corrected chi connectivity index (χ3v) is 4.96. The van der Waals surface area contributed by atoms with Crippen LogP contribution in [0.4, 0.5) is 11.4 Å². The van der Waals surface area contributed by atoms with Crippen LogP contribution in [0.5, 0.6) is 0 Å². The van der Waals surface area contributed by atoms with E-state index in [1.54, 1.807) is 0 Å². The van der Waals surface area contributed by atoms with Gasteiger partial charge in [-0.2, -0.15) is 0 Å². The number of hydrogen-bond donors (Lipinski definition) is 3. The molecule has 28 heavy (non-hydrogen) atoms. The van der Waals surface area contributed by atoms with Crippen LogP contribution in [0.1, 0.15) is 25.7 Å². The maximum Gasteiger partial charge on any atom is 0.227 e. The van der Waals surface area contributed by atoms with Gasteiger partial charge in [-0.05, 0) is 68.1 Å². The number of hydrogen-bond acceptors (Lipinski definition) is 4. The summed E-state index contributed by atoms with van der Waals surface area (Å²) in [5.74, 6) is 1.60. The van der Waals surface area contributed by atoms with Gasteiger partial charge in [0.2, 0.25) is 5.91 Å². The molecule has 3 N–H and O–H groups in total. The summed E-state index contributed by atoms with van der Waals surface area (Å²) in [5.41, 5.74) is 4.72. The van der Waals surface area contributed by atoms with Crippen molar-refractivity contribution in [3.8, 4) is 11.4 Å². The number of aldehydes is 1. The molecule has 5 rings (SSSR count). The van der Waals surface area contributed by atoms with Crippen LogP contribution >= 0.6 is 0 Å². The second-order valence-electron chi connectivity index (χ2n) is 7.38. The first-order chi connectivity index (χ1) is 13.7. The lowest BCUT2D eigenvalue weighted by Crippen LogP contribution is -2.12. The molecule has 2 aliphatic rings. The SMILES string of the molecule is CNc1ccc(-c2nc3ccc(NC(=O)C4CC4)cc3[nH]2)cc1.O=CC1CC1. The van der Waals surface area contributed by atoms with Gasteiger partial charge in [0, 0.05) is 35.8 Å². The van der Waals surface area contributed by atoms with E-state index in [2.05, 4.69) is 20.6 Å². The fourth-order valence-electron chi connectivity index (χ4n) is 2.84. The highest BCUT2D eigenvalue weighted by atomic mass is 16.2. The fourth-order valence-corrected chi connectivity index (χ4v) is 2.84. The van der Waals surface area contributed by atoms with Crippen molar-refractivity contribution in [1.29, 1.82) is 0 Å². The summed E-state index contributed by atoms with van der Waals surface area (Å²) in [6.07, 6.45) is 5.32. The van der Waals surface area contributed by atoms with E-state index in [4.69, 9.17) is 0 Å². The van der Waals surface area contributed by atoms with Gasteiger partial charge in [0.25, 0.3) is 0 Å². The Morgan fingerprint density at radius 3 is 2.36 bits per heavy atom. The summed E-state index contributed by atoms with van der Waals surface area (Å²) in [5, 5.41) is 6.07. The van der Waals surface area contributed by atoms with Gasteiger partial charge in [-0.1, -0.05) is 0 Å². The topological polar surface area (TPSA) is 86.9 Å². The van der Waals surface area contributed by atoms with Crippen molar-refractivity contribution in [1.82, 2.24) is 9.97 Å². The molecule has 2 aliphatic carbocycles.